The second-order valence-corrected chi connectivity index (χ2v) is 5.98. The molecule has 1 fully saturated rings. The molecule has 6 heteroatoms. The number of hydrogen-bond donors (Lipinski definition) is 2. The van der Waals surface area contributed by atoms with E-state index in [1.165, 1.54) is 0 Å². The Hall–Kier alpha value is -2.08. The summed E-state index contributed by atoms with van der Waals surface area (Å²) >= 11 is 0. The Morgan fingerprint density at radius 1 is 1.39 bits per heavy atom. The molecule has 0 spiro atoms. The molecule has 0 aliphatic carbocycles. The molecule has 0 bridgehead atoms. The van der Waals surface area contributed by atoms with E-state index in [1.807, 2.05) is 36.1 Å². The first-order valence-corrected chi connectivity index (χ1v) is 7.95. The van der Waals surface area contributed by atoms with Crippen molar-refractivity contribution in [2.45, 2.75) is 32.4 Å². The van der Waals surface area contributed by atoms with E-state index in [1.54, 1.807) is 7.11 Å². The van der Waals surface area contributed by atoms with Crippen molar-refractivity contribution in [3.8, 4) is 5.75 Å². The van der Waals surface area contributed by atoms with Crippen LogP contribution in [-0.4, -0.2) is 43.0 Å². The molecule has 0 aromatic heterocycles. The van der Waals surface area contributed by atoms with Gasteiger partial charge in [0.2, 0.25) is 11.8 Å². The topological polar surface area (TPSA) is 84.7 Å². The number of carbonyl (C=O) groups excluding carboxylic acids is 2. The molecule has 1 aliphatic heterocycles. The van der Waals surface area contributed by atoms with E-state index >= 15 is 0 Å². The van der Waals surface area contributed by atoms with Crippen LogP contribution >= 0.6 is 0 Å². The van der Waals surface area contributed by atoms with Crippen LogP contribution in [0.2, 0.25) is 0 Å². The van der Waals surface area contributed by atoms with Gasteiger partial charge in [0.1, 0.15) is 5.75 Å². The quantitative estimate of drug-likeness (QED) is 0.816. The van der Waals surface area contributed by atoms with E-state index in [9.17, 15) is 9.59 Å². The maximum atomic E-state index is 12.3. The summed E-state index contributed by atoms with van der Waals surface area (Å²) in [7, 11) is 1.62. The van der Waals surface area contributed by atoms with Crippen molar-refractivity contribution in [1.29, 1.82) is 0 Å². The standard InChI is InChI=1S/C17H25N3O3/c1-12(20-9-3-4-14(11-20)16(18)21)17(22)19-10-13-5-7-15(23-2)8-6-13/h5-8,12,14H,3-4,9-11H2,1-2H3,(H2,18,21)(H,19,22)/t12-,14+/m1/s1. The number of primary amides is 1. The van der Waals surface area contributed by atoms with Gasteiger partial charge in [-0.2, -0.15) is 0 Å². The van der Waals surface area contributed by atoms with Crippen LogP contribution in [0.1, 0.15) is 25.3 Å². The third-order valence-electron chi connectivity index (χ3n) is 4.41. The predicted octanol–water partition coefficient (Wildman–Crippen LogP) is 0.897. The Labute approximate surface area is 137 Å². The van der Waals surface area contributed by atoms with Gasteiger partial charge in [-0.15, -0.1) is 0 Å². The van der Waals surface area contributed by atoms with Crippen LogP contribution in [0.3, 0.4) is 0 Å². The Balaban J connectivity index is 1.85. The number of nitrogens with two attached hydrogens (primary N) is 1. The Morgan fingerprint density at radius 2 is 2.09 bits per heavy atom. The van der Waals surface area contributed by atoms with Crippen LogP contribution in [0, 0.1) is 5.92 Å². The monoisotopic (exact) mass is 319 g/mol. The molecule has 1 heterocycles. The molecular formula is C17H25N3O3. The van der Waals surface area contributed by atoms with Gasteiger partial charge in [-0.3, -0.25) is 14.5 Å². The largest absolute Gasteiger partial charge is 0.497 e. The number of methoxy groups -OCH3 is 1. The van der Waals surface area contributed by atoms with E-state index in [-0.39, 0.29) is 23.8 Å². The first-order valence-electron chi connectivity index (χ1n) is 7.95. The van der Waals surface area contributed by atoms with Crippen LogP contribution in [-0.2, 0) is 16.1 Å². The molecule has 2 atom stereocenters. The number of nitrogens with zero attached hydrogens (tertiary/aromatic N) is 1. The molecule has 6 nitrogen and oxygen atoms in total. The summed E-state index contributed by atoms with van der Waals surface area (Å²) in [5, 5.41) is 2.94. The van der Waals surface area contributed by atoms with Gasteiger partial charge >= 0.3 is 0 Å². The van der Waals surface area contributed by atoms with Gasteiger partial charge < -0.3 is 15.8 Å². The number of rotatable bonds is 6. The van der Waals surface area contributed by atoms with Gasteiger partial charge in [0.15, 0.2) is 0 Å². The average molecular weight is 319 g/mol. The number of hydrogen-bond acceptors (Lipinski definition) is 4. The number of amides is 2. The SMILES string of the molecule is COc1ccc(CNC(=O)[C@@H](C)N2CCC[C@H](C(N)=O)C2)cc1. The van der Waals surface area contributed by atoms with Crippen molar-refractivity contribution < 1.29 is 14.3 Å². The first kappa shape index (κ1) is 17.3. The fourth-order valence-electron chi connectivity index (χ4n) is 2.84. The zero-order valence-electron chi connectivity index (χ0n) is 13.7. The molecule has 23 heavy (non-hydrogen) atoms. The molecule has 2 amide bonds. The Bertz CT molecular complexity index is 545. The summed E-state index contributed by atoms with van der Waals surface area (Å²) in [5.41, 5.74) is 6.40. The van der Waals surface area contributed by atoms with Crippen LogP contribution in [0.15, 0.2) is 24.3 Å². The Morgan fingerprint density at radius 3 is 2.70 bits per heavy atom. The zero-order chi connectivity index (χ0) is 16.8. The normalized spacial score (nSPS) is 19.8. The molecule has 2 rings (SSSR count). The second kappa shape index (κ2) is 7.97. The third kappa shape index (κ3) is 4.69. The lowest BCUT2D eigenvalue weighted by Gasteiger charge is -2.34. The van der Waals surface area contributed by atoms with Crippen molar-refractivity contribution in [1.82, 2.24) is 10.2 Å². The highest BCUT2D eigenvalue weighted by molar-refractivity contribution is 5.81. The van der Waals surface area contributed by atoms with Crippen molar-refractivity contribution in [2.24, 2.45) is 11.7 Å². The minimum Gasteiger partial charge on any atom is -0.497 e. The summed E-state index contributed by atoms with van der Waals surface area (Å²) in [6.07, 6.45) is 1.70. The van der Waals surface area contributed by atoms with Crippen molar-refractivity contribution in [3.05, 3.63) is 29.8 Å². The molecule has 0 radical (unpaired) electrons. The highest BCUT2D eigenvalue weighted by Crippen LogP contribution is 2.18. The molecule has 0 saturated carbocycles. The number of nitrogens with one attached hydrogen (secondary N) is 1. The van der Waals surface area contributed by atoms with Gasteiger partial charge in [0.05, 0.1) is 19.1 Å². The molecule has 1 aromatic carbocycles. The molecule has 1 aromatic rings. The fourth-order valence-corrected chi connectivity index (χ4v) is 2.84. The van der Waals surface area contributed by atoms with Crippen LogP contribution in [0.4, 0.5) is 0 Å². The number of carbonyl (C=O) groups is 2. The zero-order valence-corrected chi connectivity index (χ0v) is 13.7. The first-order chi connectivity index (χ1) is 11.0. The maximum absolute atomic E-state index is 12.3. The van der Waals surface area contributed by atoms with Crippen molar-refractivity contribution in [2.75, 3.05) is 20.2 Å². The predicted molar refractivity (Wildman–Crippen MR) is 87.8 cm³/mol. The summed E-state index contributed by atoms with van der Waals surface area (Å²) in [6, 6.07) is 7.32. The van der Waals surface area contributed by atoms with E-state index < -0.39 is 0 Å². The van der Waals surface area contributed by atoms with E-state index in [0.717, 1.165) is 30.7 Å². The minimum absolute atomic E-state index is 0.0362. The van der Waals surface area contributed by atoms with Crippen molar-refractivity contribution in [3.63, 3.8) is 0 Å². The van der Waals surface area contributed by atoms with Crippen molar-refractivity contribution >= 4 is 11.8 Å². The summed E-state index contributed by atoms with van der Waals surface area (Å²) in [4.78, 5) is 25.7. The highest BCUT2D eigenvalue weighted by atomic mass is 16.5. The minimum atomic E-state index is -0.277. The maximum Gasteiger partial charge on any atom is 0.237 e. The van der Waals surface area contributed by atoms with Gasteiger partial charge in [-0.25, -0.2) is 0 Å². The number of piperidine rings is 1. The fraction of sp³-hybridized carbons (Fsp3) is 0.529. The number of benzene rings is 1. The molecular weight excluding hydrogens is 294 g/mol. The van der Waals surface area contributed by atoms with Gasteiger partial charge in [0, 0.05) is 13.1 Å². The lowest BCUT2D eigenvalue weighted by molar-refractivity contribution is -0.129. The summed E-state index contributed by atoms with van der Waals surface area (Å²) in [5.74, 6) is 0.325. The van der Waals surface area contributed by atoms with E-state index in [2.05, 4.69) is 5.32 Å². The average Bonchev–Trinajstić information content (AvgIpc) is 2.59. The van der Waals surface area contributed by atoms with Crippen LogP contribution in [0.25, 0.3) is 0 Å². The summed E-state index contributed by atoms with van der Waals surface area (Å²) in [6.45, 7) is 3.72. The van der Waals surface area contributed by atoms with Gasteiger partial charge in [0.25, 0.3) is 0 Å². The Kier molecular flexibility index (Phi) is 5.98. The lowest BCUT2D eigenvalue weighted by atomic mass is 9.96. The van der Waals surface area contributed by atoms with Crippen LogP contribution in [0.5, 0.6) is 5.75 Å². The lowest BCUT2D eigenvalue weighted by Crippen LogP contribution is -2.50. The molecule has 126 valence electrons. The number of likely N-dealkylation sites (tertiary alicyclic amines) is 1. The third-order valence-corrected chi connectivity index (χ3v) is 4.41. The molecule has 1 saturated heterocycles. The van der Waals surface area contributed by atoms with Gasteiger partial charge in [-0.1, -0.05) is 12.1 Å². The molecule has 0 unspecified atom stereocenters. The summed E-state index contributed by atoms with van der Waals surface area (Å²) < 4.78 is 5.11. The van der Waals surface area contributed by atoms with Gasteiger partial charge in [-0.05, 0) is 44.0 Å². The van der Waals surface area contributed by atoms with E-state index in [0.29, 0.717) is 13.1 Å². The smallest absolute Gasteiger partial charge is 0.237 e. The molecule has 3 N–H and O–H groups in total. The highest BCUT2D eigenvalue weighted by Gasteiger charge is 2.29. The second-order valence-electron chi connectivity index (χ2n) is 5.98. The number of ether oxygens (including phenoxy) is 1. The van der Waals surface area contributed by atoms with E-state index in [4.69, 9.17) is 10.5 Å². The van der Waals surface area contributed by atoms with Crippen LogP contribution < -0.4 is 15.8 Å². The molecule has 1 aliphatic rings.